The molecule has 18 heavy (non-hydrogen) atoms. The van der Waals surface area contributed by atoms with E-state index in [0.717, 1.165) is 26.2 Å². The van der Waals surface area contributed by atoms with E-state index in [1.165, 1.54) is 32.1 Å². The lowest BCUT2D eigenvalue weighted by Gasteiger charge is -2.31. The lowest BCUT2D eigenvalue weighted by molar-refractivity contribution is -0.119. The van der Waals surface area contributed by atoms with Gasteiger partial charge >= 0.3 is 0 Å². The van der Waals surface area contributed by atoms with E-state index in [9.17, 15) is 4.79 Å². The molecule has 1 amide bonds. The van der Waals surface area contributed by atoms with Crippen LogP contribution in [0.4, 0.5) is 0 Å². The number of hydrogen-bond donors (Lipinski definition) is 2. The second kappa shape index (κ2) is 8.45. The maximum atomic E-state index is 10.5. The molecular weight excluding hydrogens is 228 g/mol. The number of carbonyl (C=O) groups is 1. The van der Waals surface area contributed by atoms with E-state index in [2.05, 4.69) is 16.8 Å². The van der Waals surface area contributed by atoms with Gasteiger partial charge in [0, 0.05) is 32.2 Å². The fraction of sp³-hybridized carbons (Fsp3) is 0.923. The van der Waals surface area contributed by atoms with Gasteiger partial charge in [0.05, 0.1) is 6.54 Å². The molecule has 0 aromatic carbocycles. The summed E-state index contributed by atoms with van der Waals surface area (Å²) in [7, 11) is 2.08. The third kappa shape index (κ3) is 6.93. The van der Waals surface area contributed by atoms with Crippen LogP contribution in [0.25, 0.3) is 0 Å². The lowest BCUT2D eigenvalue weighted by atomic mass is 9.97. The first kappa shape index (κ1) is 15.4. The van der Waals surface area contributed by atoms with Crippen molar-refractivity contribution >= 4 is 5.91 Å². The molecule has 0 unspecified atom stereocenters. The fourth-order valence-corrected chi connectivity index (χ4v) is 2.36. The molecule has 2 aliphatic rings. The number of rotatable bonds is 2. The molecule has 5 nitrogen and oxygen atoms in total. The highest BCUT2D eigenvalue weighted by atomic mass is 16.1. The predicted molar refractivity (Wildman–Crippen MR) is 74.2 cm³/mol. The molecule has 0 aromatic rings. The van der Waals surface area contributed by atoms with Crippen LogP contribution >= 0.6 is 0 Å². The third-order valence-corrected chi connectivity index (χ3v) is 3.63. The predicted octanol–water partition coefficient (Wildman–Crippen LogP) is -0.00310. The monoisotopic (exact) mass is 256 g/mol. The number of nitrogens with zero attached hydrogens (tertiary/aromatic N) is 2. The lowest BCUT2D eigenvalue weighted by Crippen LogP contribution is -2.47. The van der Waals surface area contributed by atoms with Crippen LogP contribution in [0, 0.1) is 0 Å². The minimum atomic E-state index is -0.227. The summed E-state index contributed by atoms with van der Waals surface area (Å²) in [5.74, 6) is -0.227. The highest BCUT2D eigenvalue weighted by molar-refractivity contribution is 5.75. The van der Waals surface area contributed by atoms with Gasteiger partial charge in [-0.15, -0.1) is 0 Å². The Morgan fingerprint density at radius 2 is 1.67 bits per heavy atom. The van der Waals surface area contributed by atoms with Crippen molar-refractivity contribution in [2.75, 3.05) is 39.8 Å². The molecule has 1 saturated carbocycles. The Kier molecular flexibility index (Phi) is 7.23. The van der Waals surface area contributed by atoms with Gasteiger partial charge in [-0.2, -0.15) is 0 Å². The van der Waals surface area contributed by atoms with Crippen molar-refractivity contribution in [1.82, 2.24) is 9.80 Å². The number of nitrogens with two attached hydrogens (primary N) is 2. The molecule has 0 aromatic heterocycles. The van der Waals surface area contributed by atoms with Crippen LogP contribution in [0.2, 0.25) is 0 Å². The Labute approximate surface area is 110 Å². The minimum Gasteiger partial charge on any atom is -0.369 e. The van der Waals surface area contributed by atoms with Crippen LogP contribution in [0.5, 0.6) is 0 Å². The average molecular weight is 256 g/mol. The van der Waals surface area contributed by atoms with E-state index in [1.54, 1.807) is 0 Å². The fourth-order valence-electron chi connectivity index (χ4n) is 2.36. The van der Waals surface area contributed by atoms with Gasteiger partial charge in [0.25, 0.3) is 0 Å². The van der Waals surface area contributed by atoms with E-state index in [-0.39, 0.29) is 5.91 Å². The molecule has 1 heterocycles. The first-order valence-corrected chi connectivity index (χ1v) is 7.02. The number of primary amides is 1. The zero-order valence-electron chi connectivity index (χ0n) is 11.6. The SMILES string of the molecule is CN1CCN(CC(N)=O)CC1.NC1CCCCC1. The molecule has 0 radical (unpaired) electrons. The minimum absolute atomic E-state index is 0.227. The molecule has 2 fully saturated rings. The van der Waals surface area contributed by atoms with Gasteiger partial charge in [-0.05, 0) is 19.9 Å². The van der Waals surface area contributed by atoms with Crippen LogP contribution in [0.15, 0.2) is 0 Å². The van der Waals surface area contributed by atoms with Crippen LogP contribution in [0.3, 0.4) is 0 Å². The molecule has 106 valence electrons. The van der Waals surface area contributed by atoms with Crippen molar-refractivity contribution in [2.45, 2.75) is 38.1 Å². The smallest absolute Gasteiger partial charge is 0.231 e. The molecule has 0 atom stereocenters. The first-order valence-electron chi connectivity index (χ1n) is 7.02. The molecule has 2 rings (SSSR count). The summed E-state index contributed by atoms with van der Waals surface area (Å²) < 4.78 is 0. The molecule has 0 bridgehead atoms. The van der Waals surface area contributed by atoms with Crippen LogP contribution in [0.1, 0.15) is 32.1 Å². The van der Waals surface area contributed by atoms with Gasteiger partial charge in [0.15, 0.2) is 0 Å². The molecular formula is C13H28N4O. The standard InChI is InChI=1S/C7H15N3O.C6H13N/c1-9-2-4-10(5-3-9)6-7(8)11;7-6-4-2-1-3-5-6/h2-6H2,1H3,(H2,8,11);6H,1-5,7H2. The van der Waals surface area contributed by atoms with Crippen molar-refractivity contribution in [2.24, 2.45) is 11.5 Å². The van der Waals surface area contributed by atoms with E-state index < -0.39 is 0 Å². The zero-order chi connectivity index (χ0) is 13.4. The number of likely N-dealkylation sites (N-methyl/N-ethyl adjacent to an activating group) is 1. The third-order valence-electron chi connectivity index (χ3n) is 3.63. The summed E-state index contributed by atoms with van der Waals surface area (Å²) in [6.07, 6.45) is 6.66. The normalized spacial score (nSPS) is 23.2. The van der Waals surface area contributed by atoms with Crippen molar-refractivity contribution in [1.29, 1.82) is 0 Å². The Hall–Kier alpha value is -0.650. The van der Waals surface area contributed by atoms with Crippen LogP contribution in [-0.4, -0.2) is 61.5 Å². The van der Waals surface area contributed by atoms with Crippen LogP contribution in [-0.2, 0) is 4.79 Å². The van der Waals surface area contributed by atoms with Crippen molar-refractivity contribution in [3.63, 3.8) is 0 Å². The van der Waals surface area contributed by atoms with Gasteiger partial charge in [-0.25, -0.2) is 0 Å². The van der Waals surface area contributed by atoms with Gasteiger partial charge in [0.1, 0.15) is 0 Å². The number of amides is 1. The zero-order valence-corrected chi connectivity index (χ0v) is 11.6. The highest BCUT2D eigenvalue weighted by Gasteiger charge is 2.14. The number of hydrogen-bond acceptors (Lipinski definition) is 4. The van der Waals surface area contributed by atoms with Gasteiger partial charge in [0.2, 0.25) is 5.91 Å². The highest BCUT2D eigenvalue weighted by Crippen LogP contribution is 2.14. The maximum Gasteiger partial charge on any atom is 0.231 e. The van der Waals surface area contributed by atoms with E-state index in [4.69, 9.17) is 11.5 Å². The maximum absolute atomic E-state index is 10.5. The quantitative estimate of drug-likeness (QED) is 0.729. The molecule has 1 aliphatic heterocycles. The Morgan fingerprint density at radius 1 is 1.11 bits per heavy atom. The second-order valence-electron chi connectivity index (χ2n) is 5.44. The summed E-state index contributed by atoms with van der Waals surface area (Å²) in [6.45, 7) is 4.40. The molecule has 1 saturated heterocycles. The summed E-state index contributed by atoms with van der Waals surface area (Å²) in [5, 5.41) is 0. The van der Waals surface area contributed by atoms with E-state index in [1.807, 2.05) is 0 Å². The number of piperazine rings is 1. The molecule has 1 aliphatic carbocycles. The summed E-state index contributed by atoms with van der Waals surface area (Å²) in [6, 6.07) is 0.536. The van der Waals surface area contributed by atoms with E-state index in [0.29, 0.717) is 12.6 Å². The van der Waals surface area contributed by atoms with Crippen molar-refractivity contribution in [3.05, 3.63) is 0 Å². The summed E-state index contributed by atoms with van der Waals surface area (Å²) in [4.78, 5) is 14.8. The average Bonchev–Trinajstić information content (AvgIpc) is 2.33. The summed E-state index contributed by atoms with van der Waals surface area (Å²) in [5.41, 5.74) is 10.7. The first-order chi connectivity index (χ1) is 8.58. The van der Waals surface area contributed by atoms with Gasteiger partial charge in [-0.3, -0.25) is 9.69 Å². The molecule has 4 N–H and O–H groups in total. The Morgan fingerprint density at radius 3 is 2.06 bits per heavy atom. The topological polar surface area (TPSA) is 75.6 Å². The van der Waals surface area contributed by atoms with Gasteiger partial charge in [-0.1, -0.05) is 19.3 Å². The second-order valence-corrected chi connectivity index (χ2v) is 5.44. The Balaban J connectivity index is 0.000000199. The van der Waals surface area contributed by atoms with Crippen molar-refractivity contribution in [3.8, 4) is 0 Å². The molecule has 0 spiro atoms. The Bertz CT molecular complexity index is 233. The largest absolute Gasteiger partial charge is 0.369 e. The van der Waals surface area contributed by atoms with Crippen molar-refractivity contribution < 1.29 is 4.79 Å². The van der Waals surface area contributed by atoms with E-state index >= 15 is 0 Å². The summed E-state index contributed by atoms with van der Waals surface area (Å²) >= 11 is 0. The number of carbonyl (C=O) groups excluding carboxylic acids is 1. The molecule has 5 heteroatoms. The van der Waals surface area contributed by atoms with Gasteiger partial charge < -0.3 is 16.4 Å². The van der Waals surface area contributed by atoms with Crippen LogP contribution < -0.4 is 11.5 Å².